The fourth-order valence-corrected chi connectivity index (χ4v) is 1.81. The summed E-state index contributed by atoms with van der Waals surface area (Å²) in [6.07, 6.45) is 1.21. The number of hydrogen-bond donors (Lipinski definition) is 0. The summed E-state index contributed by atoms with van der Waals surface area (Å²) in [7, 11) is 0. The van der Waals surface area contributed by atoms with Crippen molar-refractivity contribution in [3.8, 4) is 0 Å². The fraction of sp³-hybridized carbons (Fsp3) is 0.118. The molecule has 0 unspecified atom stereocenters. The molecule has 0 spiro atoms. The van der Waals surface area contributed by atoms with Crippen LogP contribution in [0.4, 0.5) is 11.4 Å². The van der Waals surface area contributed by atoms with E-state index in [9.17, 15) is 9.90 Å². The number of carbonyl (C=O) groups excluding carboxylic acids is 1. The topological polar surface area (TPSA) is 64.8 Å². The maximum atomic E-state index is 11.1. The smallest absolute Gasteiger partial charge is 0.543 e. The number of nitrogens with zero attached hydrogens (tertiary/aromatic N) is 2. The molecule has 2 aromatic rings. The first kappa shape index (κ1) is 18.3. The van der Waals surface area contributed by atoms with Crippen LogP contribution in [0.3, 0.4) is 0 Å². The molecule has 0 aliphatic heterocycles. The monoisotopic (exact) mass is 302 g/mol. The average molecular weight is 302 g/mol. The Balaban J connectivity index is 0.00000242. The van der Waals surface area contributed by atoms with Crippen LogP contribution < -0.4 is 34.7 Å². The molecule has 5 heteroatoms. The van der Waals surface area contributed by atoms with E-state index in [1.54, 1.807) is 18.2 Å². The number of carboxylic acids is 1. The Morgan fingerprint density at radius 1 is 1.00 bits per heavy atom. The van der Waals surface area contributed by atoms with Crippen molar-refractivity contribution in [3.63, 3.8) is 0 Å². The molecule has 0 N–H and O–H groups in total. The molecule has 0 radical (unpaired) electrons. The van der Waals surface area contributed by atoms with Gasteiger partial charge in [0.2, 0.25) is 0 Å². The van der Waals surface area contributed by atoms with E-state index in [1.165, 1.54) is 6.21 Å². The van der Waals surface area contributed by atoms with Gasteiger partial charge in [0.1, 0.15) is 5.71 Å². The van der Waals surface area contributed by atoms with E-state index in [0.717, 1.165) is 11.1 Å². The second kappa shape index (κ2) is 8.63. The predicted molar refractivity (Wildman–Crippen MR) is 82.6 cm³/mol. The molecule has 106 valence electrons. The molecule has 0 amide bonds. The molecule has 0 aliphatic rings. The Morgan fingerprint density at radius 3 is 2.09 bits per heavy atom. The zero-order chi connectivity index (χ0) is 15.2. The van der Waals surface area contributed by atoms with E-state index >= 15 is 0 Å². The third kappa shape index (κ3) is 5.56. The number of carboxylic acid groups (broad SMARTS) is 1. The van der Waals surface area contributed by atoms with E-state index < -0.39 is 5.97 Å². The van der Waals surface area contributed by atoms with Crippen LogP contribution in [-0.4, -0.2) is 17.9 Å². The van der Waals surface area contributed by atoms with Crippen LogP contribution in [-0.2, 0) is 4.79 Å². The minimum Gasteiger partial charge on any atom is -0.543 e. The van der Waals surface area contributed by atoms with Gasteiger partial charge >= 0.3 is 29.6 Å². The van der Waals surface area contributed by atoms with Crippen LogP contribution in [0.25, 0.3) is 0 Å². The molecule has 2 rings (SSSR count). The molecular formula is C17H15N2NaO2. The summed E-state index contributed by atoms with van der Waals surface area (Å²) in [5.74, 6) is -1.35. The molecule has 0 bridgehead atoms. The van der Waals surface area contributed by atoms with Gasteiger partial charge in [0.05, 0.1) is 23.6 Å². The number of hydrogen-bond acceptors (Lipinski definition) is 4. The van der Waals surface area contributed by atoms with E-state index in [4.69, 9.17) is 0 Å². The van der Waals surface area contributed by atoms with Crippen molar-refractivity contribution in [2.24, 2.45) is 9.98 Å². The average Bonchev–Trinajstić information content (AvgIpc) is 2.43. The molecule has 0 aromatic heterocycles. The summed E-state index contributed by atoms with van der Waals surface area (Å²) in [6, 6.07) is 14.7. The Hall–Kier alpha value is -1.75. The summed E-state index contributed by atoms with van der Waals surface area (Å²) in [5, 5.41) is 11.1. The summed E-state index contributed by atoms with van der Waals surface area (Å²) in [6.45, 7) is 3.86. The molecular weight excluding hydrogens is 287 g/mol. The van der Waals surface area contributed by atoms with Crippen molar-refractivity contribution in [1.29, 1.82) is 0 Å². The maximum absolute atomic E-state index is 11.1. The summed E-state index contributed by atoms with van der Waals surface area (Å²) < 4.78 is 0. The maximum Gasteiger partial charge on any atom is 1.00 e. The first-order chi connectivity index (χ1) is 10.0. The Bertz CT molecular complexity index is 724. The molecule has 0 fully saturated rings. The summed E-state index contributed by atoms with van der Waals surface area (Å²) in [4.78, 5) is 19.3. The Kier molecular flexibility index (Phi) is 7.18. The number of aliphatic carboxylic acids is 1. The largest absolute Gasteiger partial charge is 1.00 e. The number of benzene rings is 2. The standard InChI is InChI=1S/C17H16N2O2.Na/c1-12-5-3-7-14(9-12)18-11-16(17(20)21)19-15-8-4-6-13(2)10-15;/h3-11H,1-2H3,(H,20,21);/q;+1/p-1. The van der Waals surface area contributed by atoms with Gasteiger partial charge in [0.15, 0.2) is 0 Å². The summed E-state index contributed by atoms with van der Waals surface area (Å²) in [5.41, 5.74) is 3.08. The van der Waals surface area contributed by atoms with Crippen molar-refractivity contribution >= 4 is 29.3 Å². The van der Waals surface area contributed by atoms with Crippen molar-refractivity contribution in [3.05, 3.63) is 59.7 Å². The van der Waals surface area contributed by atoms with E-state index in [-0.39, 0.29) is 35.3 Å². The number of carbonyl (C=O) groups is 1. The first-order valence-electron chi connectivity index (χ1n) is 6.52. The predicted octanol–water partition coefficient (Wildman–Crippen LogP) is -0.468. The zero-order valence-corrected chi connectivity index (χ0v) is 14.9. The van der Waals surface area contributed by atoms with Crippen LogP contribution in [0.1, 0.15) is 11.1 Å². The van der Waals surface area contributed by atoms with Crippen LogP contribution in [0.5, 0.6) is 0 Å². The zero-order valence-electron chi connectivity index (χ0n) is 12.9. The molecule has 0 saturated carbocycles. The Labute approximate surface area is 151 Å². The SMILES string of the molecule is Cc1cccc(N=CC(=Nc2cccc(C)c2)C(=O)[O-])c1.[Na+]. The van der Waals surface area contributed by atoms with Gasteiger partial charge in [-0.1, -0.05) is 24.3 Å². The second-order valence-corrected chi connectivity index (χ2v) is 4.72. The normalized spacial score (nSPS) is 11.3. The van der Waals surface area contributed by atoms with Crippen molar-refractivity contribution in [2.75, 3.05) is 0 Å². The van der Waals surface area contributed by atoms with Gasteiger partial charge in [-0.05, 0) is 49.2 Å². The third-order valence-electron chi connectivity index (χ3n) is 2.80. The van der Waals surface area contributed by atoms with Crippen molar-refractivity contribution in [2.45, 2.75) is 13.8 Å². The quantitative estimate of drug-likeness (QED) is 0.566. The Morgan fingerprint density at radius 2 is 1.55 bits per heavy atom. The van der Waals surface area contributed by atoms with Gasteiger partial charge in [-0.2, -0.15) is 0 Å². The van der Waals surface area contributed by atoms with E-state index in [2.05, 4.69) is 9.98 Å². The van der Waals surface area contributed by atoms with Crippen LogP contribution >= 0.6 is 0 Å². The van der Waals surface area contributed by atoms with Crippen LogP contribution in [0, 0.1) is 13.8 Å². The van der Waals surface area contributed by atoms with Gasteiger partial charge in [0, 0.05) is 0 Å². The number of aryl methyl sites for hydroxylation is 2. The van der Waals surface area contributed by atoms with Crippen LogP contribution in [0.15, 0.2) is 58.5 Å². The van der Waals surface area contributed by atoms with Gasteiger partial charge in [0.25, 0.3) is 0 Å². The molecule has 0 atom stereocenters. The van der Waals surface area contributed by atoms with Gasteiger partial charge in [-0.15, -0.1) is 0 Å². The fourth-order valence-electron chi connectivity index (χ4n) is 1.81. The van der Waals surface area contributed by atoms with Gasteiger partial charge in [-0.3, -0.25) is 4.99 Å². The molecule has 2 aromatic carbocycles. The minimum absolute atomic E-state index is 0. The van der Waals surface area contributed by atoms with E-state index in [1.807, 2.05) is 44.2 Å². The minimum atomic E-state index is -1.35. The van der Waals surface area contributed by atoms with Crippen molar-refractivity contribution in [1.82, 2.24) is 0 Å². The molecule has 0 aliphatic carbocycles. The number of aliphatic imine (C=N–C) groups is 2. The summed E-state index contributed by atoms with van der Waals surface area (Å²) >= 11 is 0. The molecule has 22 heavy (non-hydrogen) atoms. The third-order valence-corrected chi connectivity index (χ3v) is 2.80. The number of rotatable bonds is 4. The first-order valence-corrected chi connectivity index (χ1v) is 6.52. The second-order valence-electron chi connectivity index (χ2n) is 4.72. The molecule has 0 heterocycles. The van der Waals surface area contributed by atoms with Crippen molar-refractivity contribution < 1.29 is 39.5 Å². The van der Waals surface area contributed by atoms with E-state index in [0.29, 0.717) is 11.4 Å². The molecule has 4 nitrogen and oxygen atoms in total. The van der Waals surface area contributed by atoms with Crippen LogP contribution in [0.2, 0.25) is 0 Å². The molecule has 0 saturated heterocycles. The van der Waals surface area contributed by atoms with Gasteiger partial charge in [-0.25, -0.2) is 4.99 Å². The van der Waals surface area contributed by atoms with Gasteiger partial charge < -0.3 is 9.90 Å².